The monoisotopic (exact) mass is 331 g/mol. The summed E-state index contributed by atoms with van der Waals surface area (Å²) < 4.78 is 0. The molecule has 0 fully saturated rings. The highest BCUT2D eigenvalue weighted by Gasteiger charge is 2.20. The highest BCUT2D eigenvalue weighted by Crippen LogP contribution is 2.12. The van der Waals surface area contributed by atoms with Gasteiger partial charge in [0.1, 0.15) is 6.04 Å². The predicted octanol–water partition coefficient (Wildman–Crippen LogP) is 2.22. The van der Waals surface area contributed by atoms with Gasteiger partial charge in [-0.2, -0.15) is 0 Å². The first-order valence-electron chi connectivity index (χ1n) is 8.82. The topological polar surface area (TPSA) is 107 Å². The van der Waals surface area contributed by atoms with Gasteiger partial charge in [0.15, 0.2) is 0 Å². The van der Waals surface area contributed by atoms with Gasteiger partial charge < -0.3 is 20.6 Å². The lowest BCUT2D eigenvalue weighted by molar-refractivity contribution is -0.143. The third-order valence-electron chi connectivity index (χ3n) is 3.88. The van der Waals surface area contributed by atoms with Gasteiger partial charge in [-0.3, -0.25) is 4.79 Å². The van der Waals surface area contributed by atoms with Gasteiger partial charge in [-0.25, -0.2) is 4.79 Å². The fraction of sp³-hybridized carbons (Fsp3) is 0.882. The number of hydrogen-bond donors (Lipinski definition) is 4. The number of aliphatic hydroxyl groups is 2. The third-order valence-corrected chi connectivity index (χ3v) is 3.88. The highest BCUT2D eigenvalue weighted by atomic mass is 16.4. The van der Waals surface area contributed by atoms with Crippen LogP contribution in [0.1, 0.15) is 77.6 Å². The van der Waals surface area contributed by atoms with Crippen molar-refractivity contribution >= 4 is 11.9 Å². The molecule has 0 saturated heterocycles. The second kappa shape index (κ2) is 14.5. The number of hydrogen-bond acceptors (Lipinski definition) is 4. The molecule has 0 aliphatic carbocycles. The number of aliphatic carboxylic acids is 1. The van der Waals surface area contributed by atoms with Crippen molar-refractivity contribution in [1.29, 1.82) is 0 Å². The van der Waals surface area contributed by atoms with Gasteiger partial charge in [0.2, 0.25) is 5.91 Å². The maximum atomic E-state index is 11.5. The van der Waals surface area contributed by atoms with Crippen molar-refractivity contribution < 1.29 is 24.9 Å². The van der Waals surface area contributed by atoms with Crippen LogP contribution in [0, 0.1) is 0 Å². The van der Waals surface area contributed by atoms with E-state index in [0.717, 1.165) is 19.3 Å². The van der Waals surface area contributed by atoms with Crippen molar-refractivity contribution in [2.45, 2.75) is 89.7 Å². The van der Waals surface area contributed by atoms with Crippen LogP contribution in [0.25, 0.3) is 0 Å². The van der Waals surface area contributed by atoms with E-state index in [1.165, 1.54) is 38.5 Å². The molecule has 0 aliphatic rings. The molecule has 6 heteroatoms. The summed E-state index contributed by atoms with van der Waals surface area (Å²) in [4.78, 5) is 22.2. The molecule has 23 heavy (non-hydrogen) atoms. The molecule has 0 aromatic rings. The Kier molecular flexibility index (Phi) is 13.7. The maximum Gasteiger partial charge on any atom is 0.328 e. The van der Waals surface area contributed by atoms with Crippen molar-refractivity contribution in [2.75, 3.05) is 6.61 Å². The zero-order valence-electron chi connectivity index (χ0n) is 14.3. The van der Waals surface area contributed by atoms with E-state index < -0.39 is 30.6 Å². The second-order valence-electron chi connectivity index (χ2n) is 6.12. The first-order valence-corrected chi connectivity index (χ1v) is 8.82. The van der Waals surface area contributed by atoms with E-state index in [9.17, 15) is 14.7 Å². The Hall–Kier alpha value is -1.14. The maximum absolute atomic E-state index is 11.5. The highest BCUT2D eigenvalue weighted by molar-refractivity contribution is 5.83. The number of aliphatic hydroxyl groups excluding tert-OH is 2. The molecule has 0 radical (unpaired) electrons. The zero-order valence-corrected chi connectivity index (χ0v) is 14.3. The molecule has 1 amide bonds. The van der Waals surface area contributed by atoms with E-state index in [1.54, 1.807) is 0 Å². The predicted molar refractivity (Wildman–Crippen MR) is 89.1 cm³/mol. The molecule has 136 valence electrons. The van der Waals surface area contributed by atoms with Gasteiger partial charge in [0.25, 0.3) is 0 Å². The molecule has 0 spiro atoms. The number of unbranched alkanes of at least 4 members (excludes halogenated alkanes) is 8. The molecule has 0 aromatic carbocycles. The first-order chi connectivity index (χ1) is 11.0. The normalized spacial score (nSPS) is 13.5. The quantitative estimate of drug-likeness (QED) is 0.344. The molecule has 0 saturated carbocycles. The van der Waals surface area contributed by atoms with E-state index in [0.29, 0.717) is 6.42 Å². The Balaban J connectivity index is 3.57. The molecule has 0 heterocycles. The lowest BCUT2D eigenvalue weighted by Gasteiger charge is -2.14. The zero-order chi connectivity index (χ0) is 17.5. The van der Waals surface area contributed by atoms with E-state index in [-0.39, 0.29) is 6.42 Å². The van der Waals surface area contributed by atoms with Crippen molar-refractivity contribution in [1.82, 2.24) is 5.32 Å². The van der Waals surface area contributed by atoms with Crippen LogP contribution in [0.2, 0.25) is 0 Å². The molecule has 0 rings (SSSR count). The van der Waals surface area contributed by atoms with Gasteiger partial charge in [-0.1, -0.05) is 64.7 Å². The molecular formula is C17H33NO5. The minimum absolute atomic E-state index is 0.124. The fourth-order valence-corrected chi connectivity index (χ4v) is 2.45. The van der Waals surface area contributed by atoms with Crippen LogP contribution < -0.4 is 5.32 Å². The van der Waals surface area contributed by atoms with Crippen LogP contribution in [0.3, 0.4) is 0 Å². The van der Waals surface area contributed by atoms with Gasteiger partial charge in [0.05, 0.1) is 19.1 Å². The standard InChI is InChI=1S/C17H33NO5/c1-2-3-4-5-6-7-8-9-10-11-14(20)12-16(21)18-15(13-19)17(22)23/h14-15,19-20H,2-13H2,1H3,(H,18,21)(H,22,23). The Morgan fingerprint density at radius 1 is 0.957 bits per heavy atom. The third kappa shape index (κ3) is 13.0. The molecule has 0 aromatic heterocycles. The number of carboxylic acid groups (broad SMARTS) is 1. The summed E-state index contributed by atoms with van der Waals surface area (Å²) >= 11 is 0. The van der Waals surface area contributed by atoms with Crippen molar-refractivity contribution in [3.8, 4) is 0 Å². The van der Waals surface area contributed by atoms with Crippen molar-refractivity contribution in [2.24, 2.45) is 0 Å². The lowest BCUT2D eigenvalue weighted by atomic mass is 10.0. The molecule has 4 N–H and O–H groups in total. The molecule has 6 nitrogen and oxygen atoms in total. The number of rotatable bonds is 15. The molecule has 2 unspecified atom stereocenters. The minimum atomic E-state index is -1.30. The van der Waals surface area contributed by atoms with Crippen LogP contribution in [0.15, 0.2) is 0 Å². The van der Waals surface area contributed by atoms with Crippen LogP contribution in [-0.4, -0.2) is 45.9 Å². The van der Waals surface area contributed by atoms with Gasteiger partial charge in [-0.15, -0.1) is 0 Å². The van der Waals surface area contributed by atoms with Crippen molar-refractivity contribution in [3.05, 3.63) is 0 Å². The summed E-state index contributed by atoms with van der Waals surface area (Å²) in [6.45, 7) is 1.55. The average molecular weight is 331 g/mol. The largest absolute Gasteiger partial charge is 0.480 e. The van der Waals surface area contributed by atoms with E-state index in [1.807, 2.05) is 0 Å². The van der Waals surface area contributed by atoms with Crippen LogP contribution in [0.5, 0.6) is 0 Å². The summed E-state index contributed by atoms with van der Waals surface area (Å²) in [6, 6.07) is -1.30. The smallest absolute Gasteiger partial charge is 0.328 e. The fourth-order valence-electron chi connectivity index (χ4n) is 2.45. The Bertz CT molecular complexity index is 322. The Labute approximate surface area is 139 Å². The first kappa shape index (κ1) is 21.9. The SMILES string of the molecule is CCCCCCCCCCCC(O)CC(=O)NC(CO)C(=O)O. The number of carbonyl (C=O) groups is 2. The molecular weight excluding hydrogens is 298 g/mol. The number of carboxylic acids is 1. The molecule has 0 bridgehead atoms. The van der Waals surface area contributed by atoms with Crippen LogP contribution >= 0.6 is 0 Å². The molecule has 2 atom stereocenters. The van der Waals surface area contributed by atoms with Crippen molar-refractivity contribution in [3.63, 3.8) is 0 Å². The van der Waals surface area contributed by atoms with Crippen LogP contribution in [-0.2, 0) is 9.59 Å². The summed E-state index contributed by atoms with van der Waals surface area (Å²) in [5.41, 5.74) is 0. The minimum Gasteiger partial charge on any atom is -0.480 e. The Morgan fingerprint density at radius 3 is 1.96 bits per heavy atom. The van der Waals surface area contributed by atoms with Gasteiger partial charge >= 0.3 is 5.97 Å². The lowest BCUT2D eigenvalue weighted by Crippen LogP contribution is -2.44. The van der Waals surface area contributed by atoms with Crippen LogP contribution in [0.4, 0.5) is 0 Å². The summed E-state index contributed by atoms with van der Waals surface area (Å²) in [5.74, 6) is -1.83. The summed E-state index contributed by atoms with van der Waals surface area (Å²) in [6.07, 6.45) is 10.4. The number of carbonyl (C=O) groups excluding carboxylic acids is 1. The number of nitrogens with one attached hydrogen (secondary N) is 1. The average Bonchev–Trinajstić information content (AvgIpc) is 2.50. The van der Waals surface area contributed by atoms with E-state index in [2.05, 4.69) is 12.2 Å². The summed E-state index contributed by atoms with van der Waals surface area (Å²) in [7, 11) is 0. The second-order valence-corrected chi connectivity index (χ2v) is 6.12. The van der Waals surface area contributed by atoms with Gasteiger partial charge in [0, 0.05) is 0 Å². The van der Waals surface area contributed by atoms with E-state index in [4.69, 9.17) is 10.2 Å². The summed E-state index contributed by atoms with van der Waals surface area (Å²) in [5, 5.41) is 29.5. The molecule has 0 aliphatic heterocycles. The number of amides is 1. The van der Waals surface area contributed by atoms with Gasteiger partial charge in [-0.05, 0) is 6.42 Å². The Morgan fingerprint density at radius 2 is 1.48 bits per heavy atom. The van der Waals surface area contributed by atoms with E-state index >= 15 is 0 Å².